The number of nitrogens with one attached hydrogen (secondary N) is 2. The van der Waals surface area contributed by atoms with E-state index in [0.717, 1.165) is 17.8 Å². The highest BCUT2D eigenvalue weighted by molar-refractivity contribution is 7.98. The predicted molar refractivity (Wildman–Crippen MR) is 99.0 cm³/mol. The molecule has 1 aromatic carbocycles. The first kappa shape index (κ1) is 19.8. The molecule has 25 heavy (non-hydrogen) atoms. The fourth-order valence-corrected chi connectivity index (χ4v) is 4.47. The van der Waals surface area contributed by atoms with Gasteiger partial charge >= 0.3 is 0 Å². The van der Waals surface area contributed by atoms with E-state index in [4.69, 9.17) is 0 Å². The number of thiazole rings is 1. The molecule has 2 rings (SSSR count). The number of amides is 1. The molecule has 10 heteroatoms. The van der Waals surface area contributed by atoms with Crippen molar-refractivity contribution >= 4 is 44.2 Å². The average Bonchev–Trinajstić information content (AvgIpc) is 2.96. The number of thioether (sulfide) groups is 1. The van der Waals surface area contributed by atoms with Crippen molar-refractivity contribution in [2.45, 2.75) is 24.3 Å². The molecule has 0 fully saturated rings. The number of nitrogens with zero attached hydrogens (tertiary/aromatic N) is 1. The van der Waals surface area contributed by atoms with E-state index in [0.29, 0.717) is 10.9 Å². The number of benzene rings is 1. The van der Waals surface area contributed by atoms with Gasteiger partial charge < -0.3 is 5.32 Å². The Morgan fingerprint density at radius 1 is 1.40 bits per heavy atom. The number of sulfonamides is 1. The Kier molecular flexibility index (Phi) is 6.94. The fraction of sp³-hybridized carbons (Fsp3) is 0.333. The normalized spacial score (nSPS) is 12.8. The van der Waals surface area contributed by atoms with E-state index in [1.807, 2.05) is 6.26 Å². The highest BCUT2D eigenvalue weighted by Gasteiger charge is 2.27. The Hall–Kier alpha value is -1.49. The molecule has 1 heterocycles. The maximum absolute atomic E-state index is 13.8. The first-order valence-corrected chi connectivity index (χ1v) is 11.1. The van der Waals surface area contributed by atoms with E-state index in [1.165, 1.54) is 35.2 Å². The maximum atomic E-state index is 13.8. The summed E-state index contributed by atoms with van der Waals surface area (Å²) in [5, 5.41) is 4.76. The number of carbonyl (C=O) groups excluding carboxylic acids is 1. The molecule has 0 spiro atoms. The first-order chi connectivity index (χ1) is 11.8. The average molecular weight is 404 g/mol. The highest BCUT2D eigenvalue weighted by atomic mass is 32.2. The molecule has 1 amide bonds. The van der Waals surface area contributed by atoms with Gasteiger partial charge in [-0.25, -0.2) is 17.8 Å². The minimum absolute atomic E-state index is 0.269. The molecular formula is C15H18FN3O3S3. The molecule has 0 radical (unpaired) electrons. The van der Waals surface area contributed by atoms with Crippen LogP contribution in [0.2, 0.25) is 0 Å². The number of hydrogen-bond donors (Lipinski definition) is 2. The standard InChI is InChI=1S/C15H18FN3O3S3/c1-10-9-24-15(17-10)18-14(20)12(7-8-23-2)19-25(21,22)13-6-4-3-5-11(13)16/h3-6,9,12,19H,7-8H2,1-2H3,(H,17,18,20). The van der Waals surface area contributed by atoms with Crippen LogP contribution >= 0.6 is 23.1 Å². The maximum Gasteiger partial charge on any atom is 0.244 e. The molecule has 0 saturated heterocycles. The lowest BCUT2D eigenvalue weighted by Gasteiger charge is -2.17. The van der Waals surface area contributed by atoms with Crippen LogP contribution in [0.3, 0.4) is 0 Å². The van der Waals surface area contributed by atoms with E-state index in [1.54, 1.807) is 12.3 Å². The monoisotopic (exact) mass is 403 g/mol. The summed E-state index contributed by atoms with van der Waals surface area (Å²) in [4.78, 5) is 16.1. The summed E-state index contributed by atoms with van der Waals surface area (Å²) in [7, 11) is -4.16. The molecule has 0 bridgehead atoms. The number of anilines is 1. The van der Waals surface area contributed by atoms with Crippen LogP contribution in [0.25, 0.3) is 0 Å². The summed E-state index contributed by atoms with van der Waals surface area (Å²) in [6.45, 7) is 1.79. The lowest BCUT2D eigenvalue weighted by Crippen LogP contribution is -2.44. The van der Waals surface area contributed by atoms with Crippen molar-refractivity contribution in [2.24, 2.45) is 0 Å². The van der Waals surface area contributed by atoms with E-state index in [-0.39, 0.29) is 6.42 Å². The zero-order valence-corrected chi connectivity index (χ0v) is 16.1. The number of hydrogen-bond acceptors (Lipinski definition) is 6. The highest BCUT2D eigenvalue weighted by Crippen LogP contribution is 2.17. The van der Waals surface area contributed by atoms with Crippen LogP contribution in [-0.4, -0.2) is 37.4 Å². The third kappa shape index (κ3) is 5.50. The Morgan fingerprint density at radius 2 is 2.12 bits per heavy atom. The second-order valence-electron chi connectivity index (χ2n) is 5.17. The topological polar surface area (TPSA) is 88.2 Å². The van der Waals surface area contributed by atoms with Crippen LogP contribution in [0.1, 0.15) is 12.1 Å². The van der Waals surface area contributed by atoms with Gasteiger partial charge in [-0.15, -0.1) is 11.3 Å². The summed E-state index contributed by atoms with van der Waals surface area (Å²) in [6.07, 6.45) is 2.12. The third-order valence-corrected chi connectivity index (χ3v) is 6.22. The number of halogens is 1. The van der Waals surface area contributed by atoms with Gasteiger partial charge in [-0.1, -0.05) is 12.1 Å². The molecule has 0 aliphatic carbocycles. The first-order valence-electron chi connectivity index (χ1n) is 7.32. The van der Waals surface area contributed by atoms with Gasteiger partial charge in [0.25, 0.3) is 0 Å². The van der Waals surface area contributed by atoms with E-state index in [2.05, 4.69) is 15.0 Å². The summed E-state index contributed by atoms with van der Waals surface area (Å²) >= 11 is 2.73. The molecule has 1 aromatic heterocycles. The molecule has 2 N–H and O–H groups in total. The molecular weight excluding hydrogens is 385 g/mol. The summed E-state index contributed by atoms with van der Waals surface area (Å²) in [6, 6.07) is 4.01. The molecule has 0 aliphatic rings. The van der Waals surface area contributed by atoms with Crippen molar-refractivity contribution in [1.82, 2.24) is 9.71 Å². The van der Waals surface area contributed by atoms with Crippen molar-refractivity contribution in [3.63, 3.8) is 0 Å². The van der Waals surface area contributed by atoms with Gasteiger partial charge in [0.15, 0.2) is 5.13 Å². The molecule has 1 unspecified atom stereocenters. The molecule has 1 atom stereocenters. The lowest BCUT2D eigenvalue weighted by atomic mass is 10.2. The Balaban J connectivity index is 2.19. The van der Waals surface area contributed by atoms with Gasteiger partial charge in [-0.2, -0.15) is 16.5 Å². The largest absolute Gasteiger partial charge is 0.301 e. The van der Waals surface area contributed by atoms with Gasteiger partial charge in [0.05, 0.1) is 5.69 Å². The Labute approximate surface area is 154 Å². The molecule has 0 aliphatic heterocycles. The molecule has 2 aromatic rings. The SMILES string of the molecule is CSCCC(NS(=O)(=O)c1ccccc1F)C(=O)Nc1nc(C)cs1. The van der Waals surface area contributed by atoms with Gasteiger partial charge in [-0.3, -0.25) is 4.79 Å². The van der Waals surface area contributed by atoms with Gasteiger partial charge in [0.2, 0.25) is 15.9 Å². The number of carbonyl (C=O) groups is 1. The van der Waals surface area contributed by atoms with Crippen molar-refractivity contribution in [3.8, 4) is 0 Å². The van der Waals surface area contributed by atoms with Crippen molar-refractivity contribution < 1.29 is 17.6 Å². The zero-order chi connectivity index (χ0) is 18.4. The van der Waals surface area contributed by atoms with Crippen LogP contribution in [0.15, 0.2) is 34.5 Å². The van der Waals surface area contributed by atoms with Crippen LogP contribution in [0.5, 0.6) is 0 Å². The van der Waals surface area contributed by atoms with Crippen LogP contribution in [0.4, 0.5) is 9.52 Å². The quantitative estimate of drug-likeness (QED) is 0.707. The minimum atomic E-state index is -4.16. The molecule has 0 saturated carbocycles. The Bertz CT molecular complexity index is 839. The number of rotatable bonds is 8. The number of aryl methyl sites for hydroxylation is 1. The van der Waals surface area contributed by atoms with Crippen molar-refractivity contribution in [1.29, 1.82) is 0 Å². The van der Waals surface area contributed by atoms with Gasteiger partial charge in [0, 0.05) is 5.38 Å². The smallest absolute Gasteiger partial charge is 0.244 e. The van der Waals surface area contributed by atoms with Crippen LogP contribution < -0.4 is 10.0 Å². The third-order valence-electron chi connectivity index (χ3n) is 3.20. The van der Waals surface area contributed by atoms with E-state index >= 15 is 0 Å². The van der Waals surface area contributed by atoms with Crippen LogP contribution in [0, 0.1) is 12.7 Å². The van der Waals surface area contributed by atoms with E-state index in [9.17, 15) is 17.6 Å². The molecule has 136 valence electrons. The molecule has 6 nitrogen and oxygen atoms in total. The van der Waals surface area contributed by atoms with E-state index < -0.39 is 32.7 Å². The summed E-state index contributed by atoms with van der Waals surface area (Å²) in [5.74, 6) is -0.827. The Morgan fingerprint density at radius 3 is 2.72 bits per heavy atom. The van der Waals surface area contributed by atoms with Gasteiger partial charge in [0.1, 0.15) is 16.8 Å². The van der Waals surface area contributed by atoms with Crippen molar-refractivity contribution in [3.05, 3.63) is 41.2 Å². The second kappa shape index (κ2) is 8.75. The number of aromatic nitrogens is 1. The minimum Gasteiger partial charge on any atom is -0.301 e. The summed E-state index contributed by atoms with van der Waals surface area (Å²) < 4.78 is 41.0. The second-order valence-corrected chi connectivity index (χ2v) is 8.70. The predicted octanol–water partition coefficient (Wildman–Crippen LogP) is 2.63. The zero-order valence-electron chi connectivity index (χ0n) is 13.7. The van der Waals surface area contributed by atoms with Gasteiger partial charge in [-0.05, 0) is 37.5 Å². The van der Waals surface area contributed by atoms with Crippen LogP contribution in [-0.2, 0) is 14.8 Å². The van der Waals surface area contributed by atoms with Crippen molar-refractivity contribution in [2.75, 3.05) is 17.3 Å². The summed E-state index contributed by atoms with van der Waals surface area (Å²) in [5.41, 5.74) is 0.757. The lowest BCUT2D eigenvalue weighted by molar-refractivity contribution is -0.117. The fourth-order valence-electron chi connectivity index (χ4n) is 2.00.